The second-order valence-corrected chi connectivity index (χ2v) is 8.03. The lowest BCUT2D eigenvalue weighted by molar-refractivity contribution is 0.0939. The number of guanidine groups is 1. The molecule has 1 aliphatic rings. The number of fused-ring (bicyclic) bond motifs is 1. The maximum Gasteiger partial charge on any atom is 0.251 e. The summed E-state index contributed by atoms with van der Waals surface area (Å²) in [7, 11) is 5.11. The molecule has 1 unspecified atom stereocenters. The normalized spacial score (nSPS) is 14.0. The van der Waals surface area contributed by atoms with Crippen molar-refractivity contribution < 1.29 is 14.3 Å². The van der Waals surface area contributed by atoms with E-state index in [1.54, 1.807) is 21.3 Å². The molecule has 0 radical (unpaired) electrons. The smallest absolute Gasteiger partial charge is 0.251 e. The lowest BCUT2D eigenvalue weighted by Gasteiger charge is -2.32. The average molecular weight is 566 g/mol. The number of carbonyl (C=O) groups is 1. The van der Waals surface area contributed by atoms with Crippen LogP contribution in [0.1, 0.15) is 47.3 Å². The van der Waals surface area contributed by atoms with Crippen LogP contribution >= 0.6 is 24.0 Å². The third-order valence-electron chi connectivity index (χ3n) is 5.86. The lowest BCUT2D eigenvalue weighted by Crippen LogP contribution is -2.43. The number of rotatable bonds is 7. The van der Waals surface area contributed by atoms with Crippen LogP contribution < -0.4 is 20.1 Å². The van der Waals surface area contributed by atoms with Crippen molar-refractivity contribution in [1.82, 2.24) is 15.5 Å². The van der Waals surface area contributed by atoms with Crippen LogP contribution in [0.25, 0.3) is 0 Å². The molecule has 2 N–H and O–H groups in total. The first-order chi connectivity index (χ1) is 15.5. The van der Waals surface area contributed by atoms with Crippen molar-refractivity contribution in [1.29, 1.82) is 0 Å². The van der Waals surface area contributed by atoms with Crippen LogP contribution in [0.3, 0.4) is 0 Å². The number of benzene rings is 2. The van der Waals surface area contributed by atoms with Gasteiger partial charge in [-0.15, -0.1) is 24.0 Å². The molecule has 0 fully saturated rings. The van der Waals surface area contributed by atoms with E-state index in [-0.39, 0.29) is 35.9 Å². The van der Waals surface area contributed by atoms with E-state index in [2.05, 4.69) is 33.5 Å². The van der Waals surface area contributed by atoms with Crippen molar-refractivity contribution in [3.8, 4) is 11.5 Å². The molecule has 8 heteroatoms. The number of nitrogens with zero attached hydrogens (tertiary/aromatic N) is 2. The Morgan fingerprint density at radius 2 is 1.85 bits per heavy atom. The van der Waals surface area contributed by atoms with E-state index >= 15 is 0 Å². The van der Waals surface area contributed by atoms with E-state index in [1.807, 2.05) is 37.3 Å². The molecule has 0 spiro atoms. The molecule has 3 rings (SSSR count). The summed E-state index contributed by atoms with van der Waals surface area (Å²) in [4.78, 5) is 19.2. The molecule has 180 valence electrons. The summed E-state index contributed by atoms with van der Waals surface area (Å²) in [5, 5.41) is 6.46. The number of methoxy groups -OCH3 is 2. The molecular weight excluding hydrogens is 531 g/mol. The highest BCUT2D eigenvalue weighted by molar-refractivity contribution is 14.0. The fourth-order valence-electron chi connectivity index (χ4n) is 3.81. The zero-order valence-electron chi connectivity index (χ0n) is 20.1. The quantitative estimate of drug-likeness (QED) is 0.302. The van der Waals surface area contributed by atoms with E-state index in [0.717, 1.165) is 49.0 Å². The van der Waals surface area contributed by atoms with E-state index in [0.29, 0.717) is 12.1 Å². The third-order valence-corrected chi connectivity index (χ3v) is 5.86. The standard InChI is InChI=1S/C25H34N4O3.HI/c1-6-17(2)28-24(30)20-9-7-8-18(12-20)15-27-25(26-3)29-11-10-19-13-22(31-4)23(32-5)14-21(19)16-29;/h7-9,12-14,17H,6,10-11,15-16H2,1-5H3,(H,26,27)(H,28,30);1H. The van der Waals surface area contributed by atoms with Crippen LogP contribution in [0.2, 0.25) is 0 Å². The summed E-state index contributed by atoms with van der Waals surface area (Å²) in [6.45, 7) is 6.26. The molecule has 0 saturated carbocycles. The van der Waals surface area contributed by atoms with Gasteiger partial charge in [-0.3, -0.25) is 9.79 Å². The van der Waals surface area contributed by atoms with Gasteiger partial charge in [-0.05, 0) is 60.7 Å². The van der Waals surface area contributed by atoms with Crippen molar-refractivity contribution in [2.45, 2.75) is 45.8 Å². The Bertz CT molecular complexity index is 980. The van der Waals surface area contributed by atoms with Crippen LogP contribution in [0, 0.1) is 0 Å². The number of ether oxygens (including phenoxy) is 2. The molecule has 33 heavy (non-hydrogen) atoms. The van der Waals surface area contributed by atoms with Crippen molar-refractivity contribution in [3.05, 3.63) is 58.7 Å². The predicted octanol–water partition coefficient (Wildman–Crippen LogP) is 3.98. The second-order valence-electron chi connectivity index (χ2n) is 8.03. The molecule has 1 atom stereocenters. The minimum Gasteiger partial charge on any atom is -0.493 e. The number of carbonyl (C=O) groups excluding carboxylic acids is 1. The number of aliphatic imine (C=N–C) groups is 1. The van der Waals surface area contributed by atoms with Crippen LogP contribution in [0.5, 0.6) is 11.5 Å². The van der Waals surface area contributed by atoms with Gasteiger partial charge >= 0.3 is 0 Å². The van der Waals surface area contributed by atoms with Gasteiger partial charge in [0, 0.05) is 38.3 Å². The number of hydrogen-bond donors (Lipinski definition) is 2. The molecule has 0 saturated heterocycles. The van der Waals surface area contributed by atoms with Crippen molar-refractivity contribution in [3.63, 3.8) is 0 Å². The summed E-state index contributed by atoms with van der Waals surface area (Å²) in [6.07, 6.45) is 1.81. The number of amides is 1. The van der Waals surface area contributed by atoms with Gasteiger partial charge in [0.05, 0.1) is 14.2 Å². The highest BCUT2D eigenvalue weighted by Crippen LogP contribution is 2.33. The Morgan fingerprint density at radius 1 is 1.15 bits per heavy atom. The number of halogens is 1. The van der Waals surface area contributed by atoms with Crippen LogP contribution in [-0.2, 0) is 19.5 Å². The second kappa shape index (κ2) is 12.7. The average Bonchev–Trinajstić information content (AvgIpc) is 2.83. The maximum atomic E-state index is 12.4. The summed E-state index contributed by atoms with van der Waals surface area (Å²) in [5.74, 6) is 2.30. The SMILES string of the molecule is CCC(C)NC(=O)c1cccc(CNC(=NC)N2CCc3cc(OC)c(OC)cc3C2)c1.I. The molecule has 2 aromatic rings. The van der Waals surface area contributed by atoms with Crippen molar-refractivity contribution in [2.24, 2.45) is 4.99 Å². The summed E-state index contributed by atoms with van der Waals surface area (Å²) >= 11 is 0. The Balaban J connectivity index is 0.00000385. The van der Waals surface area contributed by atoms with Crippen molar-refractivity contribution >= 4 is 35.8 Å². The van der Waals surface area contributed by atoms with Crippen LogP contribution in [-0.4, -0.2) is 50.6 Å². The Labute approximate surface area is 214 Å². The van der Waals surface area contributed by atoms with E-state index < -0.39 is 0 Å². The van der Waals surface area contributed by atoms with E-state index in [4.69, 9.17) is 9.47 Å². The topological polar surface area (TPSA) is 75.2 Å². The molecule has 2 aromatic carbocycles. The minimum atomic E-state index is -0.0393. The Morgan fingerprint density at radius 3 is 2.48 bits per heavy atom. The zero-order valence-corrected chi connectivity index (χ0v) is 22.4. The molecule has 0 aromatic heterocycles. The molecule has 7 nitrogen and oxygen atoms in total. The summed E-state index contributed by atoms with van der Waals surface area (Å²) < 4.78 is 10.9. The van der Waals surface area contributed by atoms with Gasteiger partial charge in [0.25, 0.3) is 5.91 Å². The molecular formula is C25H35IN4O3. The fraction of sp³-hybridized carbons (Fsp3) is 0.440. The van der Waals surface area contributed by atoms with Crippen LogP contribution in [0.15, 0.2) is 41.4 Å². The number of nitrogens with one attached hydrogen (secondary N) is 2. The Hall–Kier alpha value is -2.49. The third kappa shape index (κ3) is 6.75. The molecule has 0 aliphatic carbocycles. The van der Waals surface area contributed by atoms with Gasteiger partial charge in [-0.25, -0.2) is 0 Å². The molecule has 1 heterocycles. The van der Waals surface area contributed by atoms with Gasteiger partial charge in [0.2, 0.25) is 0 Å². The first kappa shape index (κ1) is 26.8. The highest BCUT2D eigenvalue weighted by Gasteiger charge is 2.21. The molecule has 1 amide bonds. The van der Waals surface area contributed by atoms with Gasteiger partial charge in [-0.2, -0.15) is 0 Å². The fourth-order valence-corrected chi connectivity index (χ4v) is 3.81. The summed E-state index contributed by atoms with van der Waals surface area (Å²) in [6, 6.07) is 12.0. The van der Waals surface area contributed by atoms with Gasteiger partial charge in [0.15, 0.2) is 17.5 Å². The van der Waals surface area contributed by atoms with E-state index in [9.17, 15) is 4.79 Å². The summed E-state index contributed by atoms with van der Waals surface area (Å²) in [5.41, 5.74) is 4.19. The molecule has 1 aliphatic heterocycles. The van der Waals surface area contributed by atoms with Crippen LogP contribution in [0.4, 0.5) is 0 Å². The van der Waals surface area contributed by atoms with Gasteiger partial charge in [0.1, 0.15) is 0 Å². The minimum absolute atomic E-state index is 0. The van der Waals surface area contributed by atoms with Crippen molar-refractivity contribution in [2.75, 3.05) is 27.8 Å². The van der Waals surface area contributed by atoms with Gasteiger partial charge < -0.3 is 25.0 Å². The lowest BCUT2D eigenvalue weighted by atomic mass is 9.99. The highest BCUT2D eigenvalue weighted by atomic mass is 127. The largest absolute Gasteiger partial charge is 0.493 e. The monoisotopic (exact) mass is 566 g/mol. The maximum absolute atomic E-state index is 12.4. The molecule has 0 bridgehead atoms. The zero-order chi connectivity index (χ0) is 23.1. The van der Waals surface area contributed by atoms with Gasteiger partial charge in [-0.1, -0.05) is 19.1 Å². The van der Waals surface area contributed by atoms with E-state index in [1.165, 1.54) is 11.1 Å². The predicted molar refractivity (Wildman–Crippen MR) is 143 cm³/mol. The Kier molecular flexibility index (Phi) is 10.3. The number of hydrogen-bond acceptors (Lipinski definition) is 4. The first-order valence-electron chi connectivity index (χ1n) is 11.1. The first-order valence-corrected chi connectivity index (χ1v) is 11.1.